The Labute approximate surface area is 180 Å². The molecule has 152 valence electrons. The fraction of sp³-hybridized carbons (Fsp3) is 0.208. The normalized spacial score (nSPS) is 19.4. The van der Waals surface area contributed by atoms with Gasteiger partial charge in [-0.05, 0) is 42.0 Å². The van der Waals surface area contributed by atoms with Crippen molar-refractivity contribution in [1.29, 1.82) is 0 Å². The van der Waals surface area contributed by atoms with Gasteiger partial charge in [0.05, 0.1) is 26.0 Å². The quantitative estimate of drug-likeness (QED) is 0.551. The van der Waals surface area contributed by atoms with E-state index in [0.717, 1.165) is 34.6 Å². The van der Waals surface area contributed by atoms with Gasteiger partial charge < -0.3 is 14.2 Å². The summed E-state index contributed by atoms with van der Waals surface area (Å²) < 4.78 is 17.3. The van der Waals surface area contributed by atoms with Crippen molar-refractivity contribution in [2.24, 2.45) is 5.10 Å². The molecule has 5 nitrogen and oxygen atoms in total. The van der Waals surface area contributed by atoms with E-state index in [1.165, 1.54) is 0 Å². The summed E-state index contributed by atoms with van der Waals surface area (Å²) >= 11 is 6.07. The largest absolute Gasteiger partial charge is 0.493 e. The number of ether oxygens (including phenoxy) is 3. The van der Waals surface area contributed by atoms with Gasteiger partial charge in [0.1, 0.15) is 5.75 Å². The lowest BCUT2D eigenvalue weighted by atomic mass is 9.96. The molecule has 0 aromatic heterocycles. The van der Waals surface area contributed by atoms with Crippen molar-refractivity contribution in [1.82, 2.24) is 5.01 Å². The Morgan fingerprint density at radius 2 is 1.73 bits per heavy atom. The van der Waals surface area contributed by atoms with Crippen LogP contribution in [0.25, 0.3) is 0 Å². The summed E-state index contributed by atoms with van der Waals surface area (Å²) in [4.78, 5) is 0. The van der Waals surface area contributed by atoms with Gasteiger partial charge in [0.25, 0.3) is 0 Å². The first-order chi connectivity index (χ1) is 14.7. The van der Waals surface area contributed by atoms with Gasteiger partial charge in [-0.15, -0.1) is 0 Å². The average molecular weight is 421 g/mol. The molecule has 30 heavy (non-hydrogen) atoms. The Balaban J connectivity index is 1.58. The van der Waals surface area contributed by atoms with Crippen LogP contribution in [-0.4, -0.2) is 24.9 Å². The number of nitrogens with zero attached hydrogens (tertiary/aromatic N) is 2. The van der Waals surface area contributed by atoms with Gasteiger partial charge in [-0.2, -0.15) is 5.10 Å². The third-order valence-corrected chi connectivity index (χ3v) is 5.82. The Morgan fingerprint density at radius 1 is 0.967 bits per heavy atom. The summed E-state index contributed by atoms with van der Waals surface area (Å²) in [5.74, 6) is 2.22. The molecule has 2 aliphatic rings. The first-order valence-corrected chi connectivity index (χ1v) is 10.1. The molecule has 2 unspecified atom stereocenters. The number of hydrogen-bond donors (Lipinski definition) is 0. The van der Waals surface area contributed by atoms with E-state index in [0.29, 0.717) is 16.5 Å². The summed E-state index contributed by atoms with van der Waals surface area (Å²) in [6.45, 7) is 0. The van der Waals surface area contributed by atoms with Gasteiger partial charge in [0.2, 0.25) is 6.23 Å². The van der Waals surface area contributed by atoms with Crippen molar-refractivity contribution in [2.45, 2.75) is 18.7 Å². The van der Waals surface area contributed by atoms with Crippen molar-refractivity contribution in [2.75, 3.05) is 14.2 Å². The summed E-state index contributed by atoms with van der Waals surface area (Å²) in [6, 6.07) is 21.9. The number of benzene rings is 3. The molecule has 0 saturated heterocycles. The zero-order chi connectivity index (χ0) is 20.7. The van der Waals surface area contributed by atoms with Crippen molar-refractivity contribution in [3.05, 3.63) is 88.4 Å². The maximum atomic E-state index is 6.41. The number of fused-ring (bicyclic) bond motifs is 3. The molecule has 0 amide bonds. The second kappa shape index (κ2) is 7.58. The highest BCUT2D eigenvalue weighted by Gasteiger charge is 2.41. The summed E-state index contributed by atoms with van der Waals surface area (Å²) in [7, 11) is 3.26. The van der Waals surface area contributed by atoms with E-state index in [1.54, 1.807) is 14.2 Å². The number of hydrogen-bond acceptors (Lipinski definition) is 5. The van der Waals surface area contributed by atoms with Crippen molar-refractivity contribution >= 4 is 17.3 Å². The number of methoxy groups -OCH3 is 2. The first-order valence-electron chi connectivity index (χ1n) is 9.77. The van der Waals surface area contributed by atoms with Crippen LogP contribution >= 0.6 is 11.6 Å². The van der Waals surface area contributed by atoms with Crippen molar-refractivity contribution in [3.8, 4) is 17.2 Å². The van der Waals surface area contributed by atoms with Crippen LogP contribution in [0.3, 0.4) is 0 Å². The molecule has 5 rings (SSSR count). The lowest BCUT2D eigenvalue weighted by molar-refractivity contribution is -0.0191. The van der Waals surface area contributed by atoms with Crippen molar-refractivity contribution in [3.63, 3.8) is 0 Å². The molecule has 0 saturated carbocycles. The third kappa shape index (κ3) is 3.15. The molecular formula is C24H21ClN2O3. The highest BCUT2D eigenvalue weighted by molar-refractivity contribution is 6.30. The SMILES string of the molecule is COc1ccc(C2Oc3ccccc3C3CC(c4ccc(Cl)cc4)=NN32)cc1OC. The van der Waals surface area contributed by atoms with Gasteiger partial charge in [0, 0.05) is 22.6 Å². The van der Waals surface area contributed by atoms with Crippen LogP contribution in [0.2, 0.25) is 5.02 Å². The van der Waals surface area contributed by atoms with Gasteiger partial charge in [-0.1, -0.05) is 41.9 Å². The number of hydrazone groups is 1. The highest BCUT2D eigenvalue weighted by atomic mass is 35.5. The van der Waals surface area contributed by atoms with E-state index in [-0.39, 0.29) is 12.3 Å². The van der Waals surface area contributed by atoms with Crippen LogP contribution in [0.1, 0.15) is 35.4 Å². The Kier molecular flexibility index (Phi) is 4.75. The molecule has 6 heteroatoms. The van der Waals surface area contributed by atoms with Crippen LogP contribution < -0.4 is 14.2 Å². The molecular weight excluding hydrogens is 400 g/mol. The minimum absolute atomic E-state index is 0.0960. The van der Waals surface area contributed by atoms with E-state index in [4.69, 9.17) is 30.9 Å². The maximum absolute atomic E-state index is 6.41. The summed E-state index contributed by atoms with van der Waals surface area (Å²) in [5, 5.41) is 7.74. The second-order valence-corrected chi connectivity index (χ2v) is 7.71. The fourth-order valence-corrected chi connectivity index (χ4v) is 4.20. The number of rotatable bonds is 4. The van der Waals surface area contributed by atoms with Crippen LogP contribution in [0, 0.1) is 0 Å². The molecule has 3 aromatic rings. The first kappa shape index (κ1) is 18.8. The fourth-order valence-electron chi connectivity index (χ4n) is 4.08. The van der Waals surface area contributed by atoms with Crippen LogP contribution in [0.15, 0.2) is 71.8 Å². The molecule has 0 aliphatic carbocycles. The Morgan fingerprint density at radius 3 is 2.50 bits per heavy atom. The molecule has 2 atom stereocenters. The molecule has 0 fully saturated rings. The predicted molar refractivity (Wildman–Crippen MR) is 117 cm³/mol. The van der Waals surface area contributed by atoms with E-state index >= 15 is 0 Å². The minimum atomic E-state index is -0.366. The minimum Gasteiger partial charge on any atom is -0.493 e. The van der Waals surface area contributed by atoms with Gasteiger partial charge in [-0.25, -0.2) is 5.01 Å². The van der Waals surface area contributed by atoms with E-state index in [9.17, 15) is 0 Å². The Bertz CT molecular complexity index is 1110. The molecule has 2 heterocycles. The summed E-state index contributed by atoms with van der Waals surface area (Å²) in [5.41, 5.74) is 4.18. The van der Waals surface area contributed by atoms with Crippen LogP contribution in [0.5, 0.6) is 17.2 Å². The molecule has 2 aliphatic heterocycles. The third-order valence-electron chi connectivity index (χ3n) is 5.57. The molecule has 0 radical (unpaired) electrons. The van der Waals surface area contributed by atoms with Crippen LogP contribution in [0.4, 0.5) is 0 Å². The van der Waals surface area contributed by atoms with E-state index in [1.807, 2.05) is 65.7 Å². The van der Waals surface area contributed by atoms with Gasteiger partial charge in [0.15, 0.2) is 11.5 Å². The lowest BCUT2D eigenvalue weighted by Crippen LogP contribution is -2.33. The summed E-state index contributed by atoms with van der Waals surface area (Å²) in [6.07, 6.45) is 0.431. The molecule has 0 bridgehead atoms. The standard InChI is InChI=1S/C24H21ClN2O3/c1-28-22-12-9-16(13-23(22)29-2)24-27-20(18-5-3-4-6-21(18)30-24)14-19(26-27)15-7-10-17(25)11-8-15/h3-13,20,24H,14H2,1-2H3. The molecule has 0 spiro atoms. The molecule has 0 N–H and O–H groups in total. The predicted octanol–water partition coefficient (Wildman–Crippen LogP) is 5.60. The van der Waals surface area contributed by atoms with Crippen LogP contribution in [-0.2, 0) is 0 Å². The van der Waals surface area contributed by atoms with Gasteiger partial charge in [-0.3, -0.25) is 0 Å². The van der Waals surface area contributed by atoms with Gasteiger partial charge >= 0.3 is 0 Å². The Hall–Kier alpha value is -3.18. The zero-order valence-corrected chi connectivity index (χ0v) is 17.5. The van der Waals surface area contributed by atoms with E-state index in [2.05, 4.69) is 6.07 Å². The lowest BCUT2D eigenvalue weighted by Gasteiger charge is -2.38. The van der Waals surface area contributed by atoms with E-state index < -0.39 is 0 Å². The second-order valence-electron chi connectivity index (χ2n) is 7.28. The molecule has 3 aromatic carbocycles. The monoisotopic (exact) mass is 420 g/mol. The average Bonchev–Trinajstić information content (AvgIpc) is 3.24. The van der Waals surface area contributed by atoms with Crippen molar-refractivity contribution < 1.29 is 14.2 Å². The zero-order valence-electron chi connectivity index (χ0n) is 16.7. The highest BCUT2D eigenvalue weighted by Crippen LogP contribution is 2.48. The smallest absolute Gasteiger partial charge is 0.214 e. The topological polar surface area (TPSA) is 43.3 Å². The maximum Gasteiger partial charge on any atom is 0.214 e. The number of para-hydroxylation sites is 1. The number of halogens is 1.